The molecule has 2 aromatic heterocycles. The van der Waals surface area contributed by atoms with Gasteiger partial charge in [-0.05, 0) is 57.3 Å². The average molecular weight is 490 g/mol. The van der Waals surface area contributed by atoms with Crippen molar-refractivity contribution in [3.8, 4) is 0 Å². The van der Waals surface area contributed by atoms with Crippen LogP contribution in [0.3, 0.4) is 0 Å². The standard InChI is InChI=1S/C24H35N5O2S2/c1-3-13-29-22(31)20-21(26-23(33-20)28-14-10-17(2)11-15-28)27-24(29)32-16-19(30)25-12-9-18-7-5-4-6-8-18/h7,17H,3-6,8-16H2,1-2H3,(H,25,30). The number of nitrogens with zero attached hydrogens (tertiary/aromatic N) is 4. The van der Waals surface area contributed by atoms with Crippen LogP contribution in [0, 0.1) is 5.92 Å². The van der Waals surface area contributed by atoms with Gasteiger partial charge < -0.3 is 10.2 Å². The summed E-state index contributed by atoms with van der Waals surface area (Å²) >= 11 is 2.79. The fraction of sp³-hybridized carbons (Fsp3) is 0.667. The van der Waals surface area contributed by atoms with Crippen molar-refractivity contribution >= 4 is 44.5 Å². The molecule has 0 radical (unpaired) electrons. The van der Waals surface area contributed by atoms with Gasteiger partial charge in [0, 0.05) is 26.2 Å². The smallest absolute Gasteiger partial charge is 0.273 e. The summed E-state index contributed by atoms with van der Waals surface area (Å²) in [5.74, 6) is 0.973. The number of amides is 1. The molecule has 1 aliphatic carbocycles. The fourth-order valence-electron chi connectivity index (χ4n) is 4.42. The molecule has 0 unspecified atom stereocenters. The first-order chi connectivity index (χ1) is 16.0. The van der Waals surface area contributed by atoms with E-state index in [1.807, 2.05) is 6.92 Å². The van der Waals surface area contributed by atoms with E-state index in [9.17, 15) is 9.59 Å². The number of thiazole rings is 1. The van der Waals surface area contributed by atoms with Gasteiger partial charge in [0.1, 0.15) is 4.70 Å². The zero-order valence-electron chi connectivity index (χ0n) is 19.8. The lowest BCUT2D eigenvalue weighted by molar-refractivity contribution is -0.118. The second-order valence-corrected chi connectivity index (χ2v) is 11.1. The first-order valence-electron chi connectivity index (χ1n) is 12.3. The van der Waals surface area contributed by atoms with Gasteiger partial charge in [0.15, 0.2) is 15.9 Å². The number of carbonyl (C=O) groups is 1. The highest BCUT2D eigenvalue weighted by Gasteiger charge is 2.22. The zero-order chi connectivity index (χ0) is 23.2. The van der Waals surface area contributed by atoms with Crippen LogP contribution in [0.25, 0.3) is 10.3 Å². The number of aromatic nitrogens is 3. The van der Waals surface area contributed by atoms with Gasteiger partial charge in [-0.15, -0.1) is 0 Å². The number of anilines is 1. The van der Waals surface area contributed by atoms with Crippen LogP contribution in [0.2, 0.25) is 0 Å². The summed E-state index contributed by atoms with van der Waals surface area (Å²) in [4.78, 5) is 37.4. The van der Waals surface area contributed by atoms with E-state index in [4.69, 9.17) is 9.97 Å². The molecule has 2 aromatic rings. The maximum Gasteiger partial charge on any atom is 0.273 e. The second kappa shape index (κ2) is 11.5. The number of piperidine rings is 1. The Bertz CT molecular complexity index is 1050. The van der Waals surface area contributed by atoms with Crippen LogP contribution in [0.1, 0.15) is 65.2 Å². The molecule has 1 fully saturated rings. The van der Waals surface area contributed by atoms with E-state index in [1.54, 1.807) is 4.57 Å². The van der Waals surface area contributed by atoms with E-state index >= 15 is 0 Å². The predicted octanol–water partition coefficient (Wildman–Crippen LogP) is 4.60. The third-order valence-corrected chi connectivity index (χ3v) is 8.53. The van der Waals surface area contributed by atoms with Crippen molar-refractivity contribution in [2.75, 3.05) is 30.3 Å². The van der Waals surface area contributed by atoms with Gasteiger partial charge in [0.25, 0.3) is 5.56 Å². The fourth-order valence-corrected chi connectivity index (χ4v) is 6.27. The molecule has 0 aromatic carbocycles. The summed E-state index contributed by atoms with van der Waals surface area (Å²) in [5.41, 5.74) is 1.93. The SMILES string of the molecule is CCCn1c(SCC(=O)NCCC2=CCCCC2)nc2nc(N3CCC(C)CC3)sc2c1=O. The van der Waals surface area contributed by atoms with Gasteiger partial charge >= 0.3 is 0 Å². The molecule has 0 spiro atoms. The van der Waals surface area contributed by atoms with Crippen molar-refractivity contribution in [2.24, 2.45) is 5.92 Å². The largest absolute Gasteiger partial charge is 0.355 e. The van der Waals surface area contributed by atoms with Gasteiger partial charge in [0.05, 0.1) is 5.75 Å². The Morgan fingerprint density at radius 2 is 2.09 bits per heavy atom. The Kier molecular flexibility index (Phi) is 8.46. The van der Waals surface area contributed by atoms with Crippen LogP contribution in [-0.2, 0) is 11.3 Å². The Labute approximate surface area is 204 Å². The molecule has 1 amide bonds. The van der Waals surface area contributed by atoms with Gasteiger partial charge in [-0.25, -0.2) is 4.98 Å². The van der Waals surface area contributed by atoms with Crippen molar-refractivity contribution in [2.45, 2.75) is 76.9 Å². The minimum absolute atomic E-state index is 0.0183. The van der Waals surface area contributed by atoms with Crippen LogP contribution >= 0.6 is 23.1 Å². The second-order valence-electron chi connectivity index (χ2n) is 9.17. The first-order valence-corrected chi connectivity index (χ1v) is 14.1. The first kappa shape index (κ1) is 24.3. The van der Waals surface area contributed by atoms with Gasteiger partial charge in [-0.1, -0.05) is 48.6 Å². The predicted molar refractivity (Wildman–Crippen MR) is 137 cm³/mol. The topological polar surface area (TPSA) is 80.1 Å². The van der Waals surface area contributed by atoms with E-state index in [2.05, 4.69) is 23.2 Å². The molecule has 1 N–H and O–H groups in total. The molecule has 4 rings (SSSR count). The van der Waals surface area contributed by atoms with E-state index in [-0.39, 0.29) is 17.2 Å². The van der Waals surface area contributed by atoms with Gasteiger partial charge in [0.2, 0.25) is 5.91 Å². The maximum atomic E-state index is 13.2. The van der Waals surface area contributed by atoms with Crippen molar-refractivity contribution in [3.05, 3.63) is 22.0 Å². The molecule has 180 valence electrons. The van der Waals surface area contributed by atoms with Crippen molar-refractivity contribution in [3.63, 3.8) is 0 Å². The number of carbonyl (C=O) groups excluding carboxylic acids is 1. The molecule has 0 bridgehead atoms. The molecular weight excluding hydrogens is 454 g/mol. The van der Waals surface area contributed by atoms with E-state index in [1.165, 1.54) is 41.5 Å². The Morgan fingerprint density at radius 1 is 1.27 bits per heavy atom. The normalized spacial score (nSPS) is 17.4. The van der Waals surface area contributed by atoms with Crippen LogP contribution in [0.5, 0.6) is 0 Å². The van der Waals surface area contributed by atoms with E-state index in [0.717, 1.165) is 62.7 Å². The van der Waals surface area contributed by atoms with Gasteiger partial charge in [-0.3, -0.25) is 14.2 Å². The monoisotopic (exact) mass is 489 g/mol. The lowest BCUT2D eigenvalue weighted by Gasteiger charge is -2.29. The number of nitrogens with one attached hydrogen (secondary N) is 1. The summed E-state index contributed by atoms with van der Waals surface area (Å²) in [5, 5.41) is 4.50. The number of allylic oxidation sites excluding steroid dienone is 1. The van der Waals surface area contributed by atoms with Crippen LogP contribution in [0.4, 0.5) is 5.13 Å². The highest BCUT2D eigenvalue weighted by Crippen LogP contribution is 2.30. The summed E-state index contributed by atoms with van der Waals surface area (Å²) in [7, 11) is 0. The molecule has 0 saturated carbocycles. The Balaban J connectivity index is 1.43. The Morgan fingerprint density at radius 3 is 2.82 bits per heavy atom. The van der Waals surface area contributed by atoms with Crippen LogP contribution in [0.15, 0.2) is 21.6 Å². The lowest BCUT2D eigenvalue weighted by atomic mass is 9.97. The summed E-state index contributed by atoms with van der Waals surface area (Å²) in [6.07, 6.45) is 11.2. The summed E-state index contributed by atoms with van der Waals surface area (Å²) in [6, 6.07) is 0. The Hall–Kier alpha value is -1.87. The molecule has 1 aliphatic heterocycles. The highest BCUT2D eigenvalue weighted by molar-refractivity contribution is 7.99. The zero-order valence-corrected chi connectivity index (χ0v) is 21.4. The summed E-state index contributed by atoms with van der Waals surface area (Å²) < 4.78 is 2.33. The number of rotatable bonds is 9. The van der Waals surface area contributed by atoms with Crippen LogP contribution in [-0.4, -0.2) is 45.8 Å². The number of hydrogen-bond donors (Lipinski definition) is 1. The number of thioether (sulfide) groups is 1. The molecular formula is C24H35N5O2S2. The highest BCUT2D eigenvalue weighted by atomic mass is 32.2. The van der Waals surface area contributed by atoms with E-state index in [0.29, 0.717) is 28.6 Å². The molecule has 1 saturated heterocycles. The molecule has 33 heavy (non-hydrogen) atoms. The molecule has 3 heterocycles. The van der Waals surface area contributed by atoms with Crippen molar-refractivity contribution in [1.82, 2.24) is 19.9 Å². The third kappa shape index (κ3) is 6.18. The van der Waals surface area contributed by atoms with Crippen molar-refractivity contribution < 1.29 is 4.79 Å². The van der Waals surface area contributed by atoms with E-state index < -0.39 is 0 Å². The van der Waals surface area contributed by atoms with Crippen molar-refractivity contribution in [1.29, 1.82) is 0 Å². The molecule has 2 aliphatic rings. The maximum absolute atomic E-state index is 13.2. The number of hydrogen-bond acceptors (Lipinski definition) is 7. The molecule has 9 heteroatoms. The van der Waals surface area contributed by atoms with Gasteiger partial charge in [-0.2, -0.15) is 4.98 Å². The third-order valence-electron chi connectivity index (χ3n) is 6.46. The quantitative estimate of drug-likeness (QED) is 0.315. The number of fused-ring (bicyclic) bond motifs is 1. The lowest BCUT2D eigenvalue weighted by Crippen LogP contribution is -2.32. The summed E-state index contributed by atoms with van der Waals surface area (Å²) in [6.45, 7) is 7.54. The molecule has 7 nitrogen and oxygen atoms in total. The molecule has 0 atom stereocenters. The average Bonchev–Trinajstić information content (AvgIpc) is 3.25. The minimum Gasteiger partial charge on any atom is -0.355 e. The minimum atomic E-state index is -0.0388. The van der Waals surface area contributed by atoms with Crippen LogP contribution < -0.4 is 15.8 Å².